The lowest BCUT2D eigenvalue weighted by molar-refractivity contribution is 0.400. The fraction of sp³-hybridized carbons (Fsp3) is 0.429. The molecule has 1 aromatic heterocycles. The Kier molecular flexibility index (Phi) is 3.16. The highest BCUT2D eigenvalue weighted by atomic mass is 32.2. The van der Waals surface area contributed by atoms with Crippen LogP contribution in [0, 0.1) is 0 Å². The molecule has 0 unspecified atom stereocenters. The Morgan fingerprint density at radius 3 is 2.75 bits per heavy atom. The van der Waals surface area contributed by atoms with E-state index in [0.29, 0.717) is 5.75 Å². The van der Waals surface area contributed by atoms with Gasteiger partial charge in [-0.25, -0.2) is 9.97 Å². The molecule has 1 aromatic rings. The lowest BCUT2D eigenvalue weighted by Crippen LogP contribution is -1.99. The number of anilines is 1. The summed E-state index contributed by atoms with van der Waals surface area (Å²) in [7, 11) is 3.41. The molecule has 0 aliphatic rings. The smallest absolute Gasteiger partial charge is 0.193 e. The van der Waals surface area contributed by atoms with E-state index in [-0.39, 0.29) is 0 Å². The molecule has 0 amide bonds. The standard InChI is InChI=1S/C7H11N3OS/c1-8-6-5(11-2)7(12-3)10-4-9-6/h4H,1-3H3,(H,8,9,10). The summed E-state index contributed by atoms with van der Waals surface area (Å²) in [4.78, 5) is 8.08. The van der Waals surface area contributed by atoms with E-state index < -0.39 is 0 Å². The average Bonchev–Trinajstić information content (AvgIpc) is 2.16. The predicted octanol–water partition coefficient (Wildman–Crippen LogP) is 1.25. The van der Waals surface area contributed by atoms with Gasteiger partial charge in [0.05, 0.1) is 7.11 Å². The third-order valence-electron chi connectivity index (χ3n) is 1.41. The van der Waals surface area contributed by atoms with E-state index in [1.54, 1.807) is 14.2 Å². The molecular formula is C7H11N3OS. The molecule has 5 heteroatoms. The minimum Gasteiger partial charge on any atom is -0.490 e. The van der Waals surface area contributed by atoms with Crippen LogP contribution in [0.1, 0.15) is 0 Å². The molecule has 0 fully saturated rings. The normalized spacial score (nSPS) is 9.58. The van der Waals surface area contributed by atoms with Gasteiger partial charge in [-0.2, -0.15) is 0 Å². The molecule has 12 heavy (non-hydrogen) atoms. The van der Waals surface area contributed by atoms with Crippen LogP contribution in [0.2, 0.25) is 0 Å². The van der Waals surface area contributed by atoms with Gasteiger partial charge in [-0.1, -0.05) is 0 Å². The maximum atomic E-state index is 5.15. The first-order valence-corrected chi connectivity index (χ1v) is 4.66. The van der Waals surface area contributed by atoms with E-state index >= 15 is 0 Å². The molecule has 66 valence electrons. The van der Waals surface area contributed by atoms with E-state index in [0.717, 1.165) is 10.8 Å². The quantitative estimate of drug-likeness (QED) is 0.567. The van der Waals surface area contributed by atoms with Crippen molar-refractivity contribution in [3.63, 3.8) is 0 Å². The van der Waals surface area contributed by atoms with Crippen LogP contribution in [0.15, 0.2) is 11.4 Å². The number of aromatic nitrogens is 2. The lowest BCUT2D eigenvalue weighted by atomic mass is 10.5. The summed E-state index contributed by atoms with van der Waals surface area (Å²) in [6.45, 7) is 0. The summed E-state index contributed by atoms with van der Waals surface area (Å²) in [5, 5.41) is 3.78. The summed E-state index contributed by atoms with van der Waals surface area (Å²) in [5.41, 5.74) is 0. The van der Waals surface area contributed by atoms with Crippen LogP contribution in [0.4, 0.5) is 5.82 Å². The van der Waals surface area contributed by atoms with Gasteiger partial charge in [0.2, 0.25) is 0 Å². The van der Waals surface area contributed by atoms with Crippen molar-refractivity contribution in [1.82, 2.24) is 9.97 Å². The molecule has 0 spiro atoms. The van der Waals surface area contributed by atoms with Gasteiger partial charge in [0, 0.05) is 7.05 Å². The molecule has 1 heterocycles. The van der Waals surface area contributed by atoms with Crippen LogP contribution in [0.25, 0.3) is 0 Å². The Hall–Kier alpha value is -0.970. The zero-order valence-electron chi connectivity index (χ0n) is 7.29. The van der Waals surface area contributed by atoms with Crippen LogP contribution in [0.5, 0.6) is 5.75 Å². The second-order valence-electron chi connectivity index (χ2n) is 2.01. The number of nitrogens with zero attached hydrogens (tertiary/aromatic N) is 2. The SMILES string of the molecule is CNc1ncnc(SC)c1OC. The van der Waals surface area contributed by atoms with Crippen molar-refractivity contribution in [2.75, 3.05) is 25.7 Å². The molecule has 0 bridgehead atoms. The zero-order valence-corrected chi connectivity index (χ0v) is 8.10. The topological polar surface area (TPSA) is 47.0 Å². The minimum atomic E-state index is 0.701. The van der Waals surface area contributed by atoms with Gasteiger partial charge in [0.15, 0.2) is 11.6 Å². The Bertz CT molecular complexity index is 245. The van der Waals surface area contributed by atoms with Gasteiger partial charge in [0.25, 0.3) is 0 Å². The Morgan fingerprint density at radius 2 is 2.25 bits per heavy atom. The van der Waals surface area contributed by atoms with Gasteiger partial charge < -0.3 is 10.1 Å². The number of ether oxygens (including phenoxy) is 1. The second-order valence-corrected chi connectivity index (χ2v) is 2.81. The number of thioether (sulfide) groups is 1. The van der Waals surface area contributed by atoms with Crippen LogP contribution in [-0.4, -0.2) is 30.4 Å². The van der Waals surface area contributed by atoms with Gasteiger partial charge in [-0.15, -0.1) is 11.8 Å². The van der Waals surface area contributed by atoms with Gasteiger partial charge in [-0.05, 0) is 6.26 Å². The number of nitrogens with one attached hydrogen (secondary N) is 1. The van der Waals surface area contributed by atoms with E-state index in [9.17, 15) is 0 Å². The van der Waals surface area contributed by atoms with E-state index in [1.165, 1.54) is 18.1 Å². The molecule has 0 aromatic carbocycles. The van der Waals surface area contributed by atoms with Crippen molar-refractivity contribution in [3.05, 3.63) is 6.33 Å². The Balaban J connectivity index is 3.13. The van der Waals surface area contributed by atoms with Crippen LogP contribution >= 0.6 is 11.8 Å². The summed E-state index contributed by atoms with van der Waals surface area (Å²) in [6, 6.07) is 0. The van der Waals surface area contributed by atoms with E-state index in [4.69, 9.17) is 4.74 Å². The first-order chi connectivity index (χ1) is 5.83. The fourth-order valence-electron chi connectivity index (χ4n) is 0.865. The summed E-state index contributed by atoms with van der Waals surface area (Å²) in [6.07, 6.45) is 3.46. The summed E-state index contributed by atoms with van der Waals surface area (Å²) in [5.74, 6) is 1.42. The molecule has 0 radical (unpaired) electrons. The molecule has 4 nitrogen and oxygen atoms in total. The van der Waals surface area contributed by atoms with Crippen LogP contribution in [0.3, 0.4) is 0 Å². The third kappa shape index (κ3) is 1.61. The van der Waals surface area contributed by atoms with Gasteiger partial charge >= 0.3 is 0 Å². The molecule has 0 aliphatic heterocycles. The zero-order chi connectivity index (χ0) is 8.97. The Labute approximate surface area is 75.8 Å². The first-order valence-electron chi connectivity index (χ1n) is 3.44. The molecular weight excluding hydrogens is 174 g/mol. The number of hydrogen-bond acceptors (Lipinski definition) is 5. The van der Waals surface area contributed by atoms with Crippen LogP contribution < -0.4 is 10.1 Å². The van der Waals surface area contributed by atoms with Crippen molar-refractivity contribution < 1.29 is 4.74 Å². The largest absolute Gasteiger partial charge is 0.490 e. The van der Waals surface area contributed by atoms with Gasteiger partial charge in [0.1, 0.15) is 11.4 Å². The van der Waals surface area contributed by atoms with Crippen molar-refractivity contribution >= 4 is 17.6 Å². The maximum Gasteiger partial charge on any atom is 0.193 e. The molecule has 1 rings (SSSR count). The molecule has 0 atom stereocenters. The van der Waals surface area contributed by atoms with Crippen molar-refractivity contribution in [2.45, 2.75) is 5.03 Å². The molecule has 0 saturated carbocycles. The third-order valence-corrected chi connectivity index (χ3v) is 2.08. The van der Waals surface area contributed by atoms with E-state index in [2.05, 4.69) is 15.3 Å². The highest BCUT2D eigenvalue weighted by Crippen LogP contribution is 2.30. The maximum absolute atomic E-state index is 5.15. The number of hydrogen-bond donors (Lipinski definition) is 1. The summed E-state index contributed by atoms with van der Waals surface area (Å²) >= 11 is 1.53. The molecule has 0 aliphatic carbocycles. The van der Waals surface area contributed by atoms with Gasteiger partial charge in [-0.3, -0.25) is 0 Å². The second kappa shape index (κ2) is 4.15. The molecule has 0 saturated heterocycles. The Morgan fingerprint density at radius 1 is 1.50 bits per heavy atom. The van der Waals surface area contributed by atoms with Crippen LogP contribution in [-0.2, 0) is 0 Å². The highest BCUT2D eigenvalue weighted by molar-refractivity contribution is 7.98. The van der Waals surface area contributed by atoms with Crippen molar-refractivity contribution in [2.24, 2.45) is 0 Å². The lowest BCUT2D eigenvalue weighted by Gasteiger charge is -2.08. The summed E-state index contributed by atoms with van der Waals surface area (Å²) < 4.78 is 5.15. The first kappa shape index (κ1) is 9.12. The highest BCUT2D eigenvalue weighted by Gasteiger charge is 2.08. The number of rotatable bonds is 3. The molecule has 1 N–H and O–H groups in total. The van der Waals surface area contributed by atoms with E-state index in [1.807, 2.05) is 6.26 Å². The van der Waals surface area contributed by atoms with Crippen molar-refractivity contribution in [3.8, 4) is 5.75 Å². The minimum absolute atomic E-state index is 0.701. The average molecular weight is 185 g/mol. The predicted molar refractivity (Wildman–Crippen MR) is 49.9 cm³/mol. The monoisotopic (exact) mass is 185 g/mol. The van der Waals surface area contributed by atoms with Crippen molar-refractivity contribution in [1.29, 1.82) is 0 Å². The number of methoxy groups -OCH3 is 1. The fourth-order valence-corrected chi connectivity index (χ4v) is 1.38.